The molecule has 1 aliphatic rings. The molecule has 3 rings (SSSR count). The Labute approximate surface area is 81.1 Å². The van der Waals surface area contributed by atoms with Crippen LogP contribution in [0, 0.1) is 0 Å². The van der Waals surface area contributed by atoms with E-state index in [1.54, 1.807) is 12.4 Å². The largest absolute Gasteiger partial charge is 0.486 e. The SMILES string of the molecule is C1=Nc2c(ccc3ncccc23)OC1. The molecule has 0 atom stereocenters. The normalized spacial score (nSPS) is 13.7. The number of ether oxygens (including phenoxy) is 1. The monoisotopic (exact) mass is 184 g/mol. The molecule has 1 aromatic heterocycles. The van der Waals surface area contributed by atoms with Gasteiger partial charge in [0.2, 0.25) is 0 Å². The highest BCUT2D eigenvalue weighted by Crippen LogP contribution is 2.35. The van der Waals surface area contributed by atoms with Crippen molar-refractivity contribution in [2.24, 2.45) is 4.99 Å². The van der Waals surface area contributed by atoms with Crippen LogP contribution >= 0.6 is 0 Å². The van der Waals surface area contributed by atoms with Crippen LogP contribution in [0.2, 0.25) is 0 Å². The van der Waals surface area contributed by atoms with Crippen LogP contribution < -0.4 is 4.74 Å². The van der Waals surface area contributed by atoms with E-state index >= 15 is 0 Å². The van der Waals surface area contributed by atoms with E-state index in [1.165, 1.54) is 0 Å². The maximum atomic E-state index is 5.45. The molecule has 3 heteroatoms. The van der Waals surface area contributed by atoms with Gasteiger partial charge in [0, 0.05) is 17.8 Å². The van der Waals surface area contributed by atoms with Crippen LogP contribution in [0.25, 0.3) is 10.9 Å². The molecule has 0 radical (unpaired) electrons. The van der Waals surface area contributed by atoms with Crippen molar-refractivity contribution in [3.63, 3.8) is 0 Å². The number of pyridine rings is 1. The Kier molecular flexibility index (Phi) is 1.50. The number of nitrogens with zero attached hydrogens (tertiary/aromatic N) is 2. The number of aromatic nitrogens is 1. The summed E-state index contributed by atoms with van der Waals surface area (Å²) in [6, 6.07) is 7.79. The Balaban J connectivity index is 2.42. The van der Waals surface area contributed by atoms with Gasteiger partial charge >= 0.3 is 0 Å². The number of hydrogen-bond donors (Lipinski definition) is 0. The van der Waals surface area contributed by atoms with Gasteiger partial charge in [0.15, 0.2) is 0 Å². The molecular formula is C11H8N2O. The maximum absolute atomic E-state index is 5.45. The molecule has 0 fully saturated rings. The number of hydrogen-bond acceptors (Lipinski definition) is 3. The fraction of sp³-hybridized carbons (Fsp3) is 0.0909. The number of aliphatic imine (C=N–C) groups is 1. The van der Waals surface area contributed by atoms with Gasteiger partial charge in [-0.15, -0.1) is 0 Å². The van der Waals surface area contributed by atoms with Crippen molar-refractivity contribution in [1.82, 2.24) is 4.98 Å². The first-order valence-corrected chi connectivity index (χ1v) is 4.48. The highest BCUT2D eigenvalue weighted by Gasteiger charge is 2.10. The van der Waals surface area contributed by atoms with Gasteiger partial charge < -0.3 is 4.74 Å². The van der Waals surface area contributed by atoms with E-state index in [4.69, 9.17) is 4.74 Å². The van der Waals surface area contributed by atoms with Gasteiger partial charge in [-0.1, -0.05) is 0 Å². The summed E-state index contributed by atoms with van der Waals surface area (Å²) in [5.74, 6) is 0.841. The first kappa shape index (κ1) is 7.50. The average Bonchev–Trinajstić information content (AvgIpc) is 2.29. The standard InChI is InChI=1S/C11H8N2O/c1-2-8-9(12-5-1)3-4-10-11(8)13-6-7-14-10/h1-6H,7H2. The lowest BCUT2D eigenvalue weighted by Gasteiger charge is -2.12. The molecule has 2 aromatic rings. The minimum atomic E-state index is 0.554. The summed E-state index contributed by atoms with van der Waals surface area (Å²) in [4.78, 5) is 8.59. The molecule has 0 saturated carbocycles. The van der Waals surface area contributed by atoms with Crippen molar-refractivity contribution in [3.05, 3.63) is 30.5 Å². The topological polar surface area (TPSA) is 34.5 Å². The third-order valence-electron chi connectivity index (χ3n) is 2.25. The molecule has 2 heterocycles. The van der Waals surface area contributed by atoms with E-state index in [-0.39, 0.29) is 0 Å². The minimum absolute atomic E-state index is 0.554. The van der Waals surface area contributed by atoms with Crippen LogP contribution in [0.4, 0.5) is 5.69 Å². The lowest BCUT2D eigenvalue weighted by molar-refractivity contribution is 0.377. The van der Waals surface area contributed by atoms with Crippen LogP contribution in [0.3, 0.4) is 0 Å². The first-order chi connectivity index (χ1) is 6.95. The van der Waals surface area contributed by atoms with Crippen molar-refractivity contribution in [3.8, 4) is 5.75 Å². The third-order valence-corrected chi connectivity index (χ3v) is 2.25. The van der Waals surface area contributed by atoms with Gasteiger partial charge in [0.25, 0.3) is 0 Å². The molecular weight excluding hydrogens is 176 g/mol. The first-order valence-electron chi connectivity index (χ1n) is 4.48. The van der Waals surface area contributed by atoms with Crippen molar-refractivity contribution < 1.29 is 4.74 Å². The van der Waals surface area contributed by atoms with Crippen molar-refractivity contribution in [1.29, 1.82) is 0 Å². The zero-order chi connectivity index (χ0) is 9.38. The third kappa shape index (κ3) is 0.988. The van der Waals surface area contributed by atoms with Crippen LogP contribution in [-0.4, -0.2) is 17.8 Å². The Morgan fingerprint density at radius 1 is 1.21 bits per heavy atom. The minimum Gasteiger partial charge on any atom is -0.486 e. The predicted octanol–water partition coefficient (Wildman–Crippen LogP) is 2.33. The van der Waals surface area contributed by atoms with Gasteiger partial charge in [0.05, 0.1) is 5.52 Å². The second kappa shape index (κ2) is 2.80. The highest BCUT2D eigenvalue weighted by atomic mass is 16.5. The number of benzene rings is 1. The lowest BCUT2D eigenvalue weighted by Crippen LogP contribution is -2.02. The van der Waals surface area contributed by atoms with E-state index in [0.29, 0.717) is 6.61 Å². The molecule has 0 saturated heterocycles. The fourth-order valence-corrected chi connectivity index (χ4v) is 1.62. The van der Waals surface area contributed by atoms with Gasteiger partial charge in [-0.25, -0.2) is 0 Å². The van der Waals surface area contributed by atoms with Gasteiger partial charge in [0.1, 0.15) is 18.0 Å². The lowest BCUT2D eigenvalue weighted by atomic mass is 10.1. The summed E-state index contributed by atoms with van der Waals surface area (Å²) in [6.45, 7) is 0.554. The van der Waals surface area contributed by atoms with Crippen molar-refractivity contribution in [2.75, 3.05) is 6.61 Å². The zero-order valence-corrected chi connectivity index (χ0v) is 7.47. The molecule has 3 nitrogen and oxygen atoms in total. The molecule has 0 unspecified atom stereocenters. The molecule has 0 aliphatic carbocycles. The van der Waals surface area contributed by atoms with Crippen LogP contribution in [-0.2, 0) is 0 Å². The van der Waals surface area contributed by atoms with Crippen molar-refractivity contribution >= 4 is 22.8 Å². The summed E-state index contributed by atoms with van der Waals surface area (Å²) >= 11 is 0. The van der Waals surface area contributed by atoms with E-state index in [1.807, 2.05) is 24.3 Å². The Morgan fingerprint density at radius 3 is 3.21 bits per heavy atom. The molecule has 0 bridgehead atoms. The molecule has 14 heavy (non-hydrogen) atoms. The Hall–Kier alpha value is -1.90. The molecule has 0 spiro atoms. The maximum Gasteiger partial charge on any atom is 0.146 e. The predicted molar refractivity (Wildman–Crippen MR) is 55.4 cm³/mol. The van der Waals surface area contributed by atoms with Crippen LogP contribution in [0.5, 0.6) is 5.75 Å². The smallest absolute Gasteiger partial charge is 0.146 e. The van der Waals surface area contributed by atoms with Gasteiger partial charge in [-0.3, -0.25) is 9.98 Å². The second-order valence-electron chi connectivity index (χ2n) is 3.11. The van der Waals surface area contributed by atoms with Gasteiger partial charge in [-0.2, -0.15) is 0 Å². The van der Waals surface area contributed by atoms with Crippen LogP contribution in [0.1, 0.15) is 0 Å². The summed E-state index contributed by atoms with van der Waals surface area (Å²) < 4.78 is 5.45. The van der Waals surface area contributed by atoms with E-state index < -0.39 is 0 Å². The molecule has 68 valence electrons. The summed E-state index contributed by atoms with van der Waals surface area (Å²) in [5, 5.41) is 1.04. The summed E-state index contributed by atoms with van der Waals surface area (Å²) in [6.07, 6.45) is 3.55. The van der Waals surface area contributed by atoms with E-state index in [0.717, 1.165) is 22.3 Å². The van der Waals surface area contributed by atoms with E-state index in [2.05, 4.69) is 9.98 Å². The fourth-order valence-electron chi connectivity index (χ4n) is 1.62. The Morgan fingerprint density at radius 2 is 2.21 bits per heavy atom. The average molecular weight is 184 g/mol. The number of fused-ring (bicyclic) bond motifs is 3. The summed E-state index contributed by atoms with van der Waals surface area (Å²) in [7, 11) is 0. The molecule has 0 amide bonds. The van der Waals surface area contributed by atoms with E-state index in [9.17, 15) is 0 Å². The molecule has 0 N–H and O–H groups in total. The summed E-state index contributed by atoms with van der Waals surface area (Å²) in [5.41, 5.74) is 1.84. The van der Waals surface area contributed by atoms with Crippen molar-refractivity contribution in [2.45, 2.75) is 0 Å². The zero-order valence-electron chi connectivity index (χ0n) is 7.47. The Bertz CT molecular complexity index is 520. The van der Waals surface area contributed by atoms with Gasteiger partial charge in [-0.05, 0) is 24.3 Å². The molecule has 1 aromatic carbocycles. The quantitative estimate of drug-likeness (QED) is 0.629. The van der Waals surface area contributed by atoms with Crippen LogP contribution in [0.15, 0.2) is 35.5 Å². The highest BCUT2D eigenvalue weighted by molar-refractivity contribution is 5.95. The number of rotatable bonds is 0. The molecule has 1 aliphatic heterocycles. The second-order valence-corrected chi connectivity index (χ2v) is 3.11.